The Kier molecular flexibility index (Phi) is 8.59. The van der Waals surface area contributed by atoms with Gasteiger partial charge < -0.3 is 14.4 Å². The summed E-state index contributed by atoms with van der Waals surface area (Å²) in [6.45, 7) is 3.69. The second-order valence-corrected chi connectivity index (χ2v) is 17.2. The molecule has 0 spiro atoms. The summed E-state index contributed by atoms with van der Waals surface area (Å²) in [5.41, 5.74) is 6.93. The molecule has 6 aliphatic rings. The Hall–Kier alpha value is -6.46. The number of nitrogens with zero attached hydrogens (tertiary/aromatic N) is 8. The molecule has 0 aliphatic carbocycles. The number of halogens is 1. The van der Waals surface area contributed by atoms with Gasteiger partial charge in [0.2, 0.25) is 5.91 Å². The average molecular weight is 827 g/mol. The molecule has 17 heteroatoms. The third-order valence-corrected chi connectivity index (χ3v) is 13.5. The minimum Gasteiger partial charge on any atom is -0.366 e. The molecule has 11 rings (SSSR count). The minimum atomic E-state index is -1.05. The number of amides is 6. The highest BCUT2D eigenvalue weighted by atomic mass is 32.1. The number of hydrazine groups is 1. The van der Waals surface area contributed by atoms with E-state index in [4.69, 9.17) is 0 Å². The SMILES string of the molecule is O=C1CCN(N2Cc3cc(CN4C[C@@H]5C[C@H]4CN5c4ccc(-c5cc(F)c6c(c5)C(=O)N(C(C(=O)Nc5nccs5)c5ncn7c5CCC7)C6)cc4)ccc3C2=O)C(=O)N1. The fourth-order valence-corrected chi connectivity index (χ4v) is 10.5. The number of piperazine rings is 1. The van der Waals surface area contributed by atoms with Crippen LogP contribution in [0.5, 0.6) is 0 Å². The molecule has 3 aromatic carbocycles. The van der Waals surface area contributed by atoms with Crippen LogP contribution in [-0.4, -0.2) is 95.7 Å². The predicted octanol–water partition coefficient (Wildman–Crippen LogP) is 4.70. The predicted molar refractivity (Wildman–Crippen MR) is 217 cm³/mol. The van der Waals surface area contributed by atoms with Crippen molar-refractivity contribution in [3.8, 4) is 11.1 Å². The lowest BCUT2D eigenvalue weighted by molar-refractivity contribution is -0.123. The number of urea groups is 1. The van der Waals surface area contributed by atoms with Gasteiger partial charge in [0.1, 0.15) is 5.82 Å². The zero-order valence-electron chi connectivity index (χ0n) is 32.3. The van der Waals surface area contributed by atoms with Crippen LogP contribution < -0.4 is 15.5 Å². The van der Waals surface area contributed by atoms with Crippen LogP contribution in [0.3, 0.4) is 0 Å². The summed E-state index contributed by atoms with van der Waals surface area (Å²) >= 11 is 1.28. The summed E-state index contributed by atoms with van der Waals surface area (Å²) in [4.78, 5) is 80.3. The third kappa shape index (κ3) is 6.05. The van der Waals surface area contributed by atoms with E-state index >= 15 is 4.39 Å². The Labute approximate surface area is 347 Å². The third-order valence-electron chi connectivity index (χ3n) is 12.8. The average Bonchev–Trinajstić information content (AvgIpc) is 4.11. The number of fused-ring (bicyclic) bond motifs is 5. The Morgan fingerprint density at radius 3 is 2.55 bits per heavy atom. The number of benzene rings is 3. The molecule has 3 atom stereocenters. The number of imide groups is 1. The van der Waals surface area contributed by atoms with Gasteiger partial charge in [-0.25, -0.2) is 29.2 Å². The maximum atomic E-state index is 16.0. The van der Waals surface area contributed by atoms with Crippen molar-refractivity contribution in [3.05, 3.63) is 118 Å². The first-order valence-corrected chi connectivity index (χ1v) is 21.1. The van der Waals surface area contributed by atoms with Gasteiger partial charge in [-0.15, -0.1) is 11.3 Å². The first-order valence-electron chi connectivity index (χ1n) is 20.2. The highest BCUT2D eigenvalue weighted by Crippen LogP contribution is 2.40. The van der Waals surface area contributed by atoms with Gasteiger partial charge in [-0.3, -0.25) is 34.7 Å². The van der Waals surface area contributed by atoms with E-state index in [0.29, 0.717) is 34.0 Å². The van der Waals surface area contributed by atoms with Gasteiger partial charge in [-0.05, 0) is 71.8 Å². The van der Waals surface area contributed by atoms with Crippen LogP contribution in [0.25, 0.3) is 11.1 Å². The van der Waals surface area contributed by atoms with E-state index in [1.165, 1.54) is 32.3 Å². The van der Waals surface area contributed by atoms with E-state index in [9.17, 15) is 24.0 Å². The van der Waals surface area contributed by atoms with Gasteiger partial charge in [0.05, 0.1) is 31.7 Å². The number of aryl methyl sites for hydroxylation is 1. The number of hydrogen-bond acceptors (Lipinski definition) is 10. The lowest BCUT2D eigenvalue weighted by Crippen LogP contribution is -2.56. The van der Waals surface area contributed by atoms with E-state index < -0.39 is 29.7 Å². The van der Waals surface area contributed by atoms with Crippen LogP contribution >= 0.6 is 11.3 Å². The van der Waals surface area contributed by atoms with Crippen LogP contribution in [0.2, 0.25) is 0 Å². The fourth-order valence-electron chi connectivity index (χ4n) is 9.94. The van der Waals surface area contributed by atoms with Crippen molar-refractivity contribution in [2.24, 2.45) is 0 Å². The first-order chi connectivity index (χ1) is 29.2. The number of anilines is 2. The summed E-state index contributed by atoms with van der Waals surface area (Å²) in [6.07, 6.45) is 6.15. The summed E-state index contributed by atoms with van der Waals surface area (Å²) in [7, 11) is 0. The molecule has 8 heterocycles. The molecule has 3 saturated heterocycles. The van der Waals surface area contributed by atoms with Crippen LogP contribution in [0.4, 0.5) is 20.0 Å². The van der Waals surface area contributed by atoms with Crippen LogP contribution in [0.1, 0.15) is 74.1 Å². The van der Waals surface area contributed by atoms with Crippen molar-refractivity contribution in [1.82, 2.24) is 39.7 Å². The number of imidazole rings is 1. The van der Waals surface area contributed by atoms with Gasteiger partial charge in [0, 0.05) is 84.3 Å². The molecule has 6 aliphatic heterocycles. The summed E-state index contributed by atoms with van der Waals surface area (Å²) in [5.74, 6) is -1.93. The van der Waals surface area contributed by atoms with E-state index in [0.717, 1.165) is 73.5 Å². The maximum Gasteiger partial charge on any atom is 0.342 e. The number of thiazole rings is 1. The van der Waals surface area contributed by atoms with Gasteiger partial charge in [0.15, 0.2) is 11.2 Å². The molecular weight excluding hydrogens is 788 g/mol. The van der Waals surface area contributed by atoms with Gasteiger partial charge >= 0.3 is 6.03 Å². The smallest absolute Gasteiger partial charge is 0.342 e. The van der Waals surface area contributed by atoms with Crippen LogP contribution in [0, 0.1) is 5.82 Å². The van der Waals surface area contributed by atoms with Gasteiger partial charge in [-0.2, -0.15) is 0 Å². The number of carbonyl (C=O) groups is 5. The monoisotopic (exact) mass is 826 g/mol. The zero-order valence-corrected chi connectivity index (χ0v) is 33.2. The highest BCUT2D eigenvalue weighted by Gasteiger charge is 2.45. The fraction of sp³-hybridized carbons (Fsp3) is 0.326. The summed E-state index contributed by atoms with van der Waals surface area (Å²) < 4.78 is 18.0. The van der Waals surface area contributed by atoms with Crippen molar-refractivity contribution in [2.75, 3.05) is 29.9 Å². The first kappa shape index (κ1) is 36.6. The van der Waals surface area contributed by atoms with E-state index in [1.807, 2.05) is 28.8 Å². The quantitative estimate of drug-likeness (QED) is 0.215. The van der Waals surface area contributed by atoms with Gasteiger partial charge in [-0.1, -0.05) is 24.3 Å². The van der Waals surface area contributed by atoms with Crippen molar-refractivity contribution < 1.29 is 28.4 Å². The molecular formula is C43H39FN10O5S. The second kappa shape index (κ2) is 14.1. The zero-order chi connectivity index (χ0) is 40.8. The summed E-state index contributed by atoms with van der Waals surface area (Å²) in [6, 6.07) is 16.2. The lowest BCUT2D eigenvalue weighted by atomic mass is 9.99. The molecule has 2 aromatic heterocycles. The highest BCUT2D eigenvalue weighted by molar-refractivity contribution is 7.13. The number of rotatable bonds is 9. The van der Waals surface area contributed by atoms with E-state index in [1.54, 1.807) is 24.0 Å². The lowest BCUT2D eigenvalue weighted by Gasteiger charge is -2.35. The molecule has 0 radical (unpaired) electrons. The van der Waals surface area contributed by atoms with Crippen molar-refractivity contribution >= 4 is 51.8 Å². The molecule has 5 aromatic rings. The van der Waals surface area contributed by atoms with Crippen molar-refractivity contribution in [1.29, 1.82) is 0 Å². The van der Waals surface area contributed by atoms with Crippen molar-refractivity contribution in [2.45, 2.75) is 70.0 Å². The number of carbonyl (C=O) groups excluding carboxylic acids is 5. The molecule has 60 heavy (non-hydrogen) atoms. The molecule has 3 fully saturated rings. The Morgan fingerprint density at radius 1 is 0.900 bits per heavy atom. The van der Waals surface area contributed by atoms with E-state index in [2.05, 4.69) is 48.6 Å². The van der Waals surface area contributed by atoms with Gasteiger partial charge in [0.25, 0.3) is 17.7 Å². The molecule has 304 valence electrons. The number of likely N-dealkylation sites (tertiary alicyclic amines) is 1. The van der Waals surface area contributed by atoms with E-state index in [-0.39, 0.29) is 49.0 Å². The molecule has 2 N–H and O–H groups in total. The molecule has 1 unspecified atom stereocenters. The normalized spacial score (nSPS) is 21.2. The number of nitrogens with one attached hydrogen (secondary N) is 2. The minimum absolute atomic E-state index is 0.0519. The Bertz CT molecular complexity index is 2630. The molecule has 0 saturated carbocycles. The van der Waals surface area contributed by atoms with Crippen LogP contribution in [-0.2, 0) is 42.2 Å². The largest absolute Gasteiger partial charge is 0.366 e. The number of aromatic nitrogens is 3. The second-order valence-electron chi connectivity index (χ2n) is 16.3. The summed E-state index contributed by atoms with van der Waals surface area (Å²) in [5, 5.41) is 10.0. The number of hydrogen-bond donors (Lipinski definition) is 2. The Balaban J connectivity index is 0.763. The van der Waals surface area contributed by atoms with Crippen molar-refractivity contribution in [3.63, 3.8) is 0 Å². The molecule has 6 amide bonds. The maximum absolute atomic E-state index is 16.0. The Morgan fingerprint density at radius 2 is 1.77 bits per heavy atom. The van der Waals surface area contributed by atoms with Crippen LogP contribution in [0.15, 0.2) is 72.5 Å². The molecule has 15 nitrogen and oxygen atoms in total. The molecule has 2 bridgehead atoms. The topological polar surface area (TPSA) is 156 Å². The standard InChI is InChI=1S/C43H39FN10O5S/c44-34-16-26(15-32-33(34)22-52(40(32)57)38(39(56)48-42-45-10-13-60-42)37-35-2-1-11-49(35)23-46-37)25-4-6-28(7-5-25)51-21-29-17-30(51)20-50(29)18-24-3-8-31-27(14-24)19-54(41(31)58)53-12-9-36(55)47-43(53)59/h3-8,10,13-16,23,29-30,38H,1-2,9,11-12,17-22H2,(H,45,48,56)(H,47,55,59)/t29-,30-,38?/m0/s1.